The van der Waals surface area contributed by atoms with Crippen LogP contribution >= 0.6 is 11.6 Å². The van der Waals surface area contributed by atoms with Gasteiger partial charge < -0.3 is 15.0 Å². The molecule has 0 aromatic heterocycles. The van der Waals surface area contributed by atoms with Gasteiger partial charge in [0, 0.05) is 21.8 Å². The lowest BCUT2D eigenvalue weighted by Crippen LogP contribution is -2.39. The van der Waals surface area contributed by atoms with Gasteiger partial charge in [0.15, 0.2) is 0 Å². The molecule has 1 atom stereocenters. The van der Waals surface area contributed by atoms with Crippen molar-refractivity contribution < 1.29 is 14.3 Å². The Kier molecular flexibility index (Phi) is 5.72. The SMILES string of the molecule is CCOc1ccc(C(=O)N2CC(=O)Nc3ccc(Cl)cc3C2c2ccccc2)cc1. The molecular formula is C24H21ClN2O3. The van der Waals surface area contributed by atoms with Gasteiger partial charge in [0.2, 0.25) is 5.91 Å². The van der Waals surface area contributed by atoms with E-state index in [1.807, 2.05) is 37.3 Å². The molecule has 1 aliphatic heterocycles. The lowest BCUT2D eigenvalue weighted by atomic mass is 9.95. The number of hydrogen-bond acceptors (Lipinski definition) is 3. The summed E-state index contributed by atoms with van der Waals surface area (Å²) in [7, 11) is 0. The van der Waals surface area contributed by atoms with Gasteiger partial charge in [-0.05, 0) is 55.0 Å². The standard InChI is InChI=1S/C24H21ClN2O3/c1-2-30-19-11-8-17(9-12-19)24(29)27-15-22(28)26-21-13-10-18(25)14-20(21)23(27)16-6-4-3-5-7-16/h3-14,23H,2,15H2,1H3,(H,26,28). The number of nitrogens with one attached hydrogen (secondary N) is 1. The Bertz CT molecular complexity index is 1070. The Hall–Kier alpha value is -3.31. The Morgan fingerprint density at radius 1 is 1.10 bits per heavy atom. The number of halogens is 1. The molecule has 6 heteroatoms. The van der Waals surface area contributed by atoms with Crippen molar-refractivity contribution in [2.24, 2.45) is 0 Å². The minimum absolute atomic E-state index is 0.0715. The van der Waals surface area contributed by atoms with Crippen LogP contribution in [0.25, 0.3) is 0 Å². The molecule has 3 aromatic rings. The van der Waals surface area contributed by atoms with Crippen molar-refractivity contribution in [1.29, 1.82) is 0 Å². The highest BCUT2D eigenvalue weighted by molar-refractivity contribution is 6.30. The van der Waals surface area contributed by atoms with E-state index >= 15 is 0 Å². The summed E-state index contributed by atoms with van der Waals surface area (Å²) < 4.78 is 5.47. The number of hydrogen-bond donors (Lipinski definition) is 1. The summed E-state index contributed by atoms with van der Waals surface area (Å²) in [4.78, 5) is 27.7. The predicted molar refractivity (Wildman–Crippen MR) is 117 cm³/mol. The van der Waals surface area contributed by atoms with Gasteiger partial charge in [-0.2, -0.15) is 0 Å². The minimum Gasteiger partial charge on any atom is -0.494 e. The highest BCUT2D eigenvalue weighted by Gasteiger charge is 2.34. The molecule has 3 aromatic carbocycles. The number of ether oxygens (including phenoxy) is 1. The molecule has 1 aliphatic rings. The fraction of sp³-hybridized carbons (Fsp3) is 0.167. The van der Waals surface area contributed by atoms with Crippen molar-refractivity contribution >= 4 is 29.1 Å². The molecule has 0 saturated heterocycles. The molecule has 1 heterocycles. The maximum absolute atomic E-state index is 13.5. The first kappa shape index (κ1) is 20.0. The van der Waals surface area contributed by atoms with Crippen molar-refractivity contribution in [2.45, 2.75) is 13.0 Å². The molecule has 4 rings (SSSR count). The molecule has 5 nitrogen and oxygen atoms in total. The third-order valence-electron chi connectivity index (χ3n) is 5.00. The van der Waals surface area contributed by atoms with Crippen LogP contribution in [-0.4, -0.2) is 29.9 Å². The van der Waals surface area contributed by atoms with Crippen molar-refractivity contribution in [3.05, 3.63) is 94.5 Å². The summed E-state index contributed by atoms with van der Waals surface area (Å²) in [6.07, 6.45) is 0. The molecular weight excluding hydrogens is 400 g/mol. The van der Waals surface area contributed by atoms with E-state index in [-0.39, 0.29) is 18.4 Å². The number of benzene rings is 3. The van der Waals surface area contributed by atoms with E-state index in [1.165, 1.54) is 0 Å². The summed E-state index contributed by atoms with van der Waals surface area (Å²) in [5, 5.41) is 3.44. The molecule has 0 aliphatic carbocycles. The second kappa shape index (κ2) is 8.59. The summed E-state index contributed by atoms with van der Waals surface area (Å²) >= 11 is 6.28. The first-order valence-corrected chi connectivity index (χ1v) is 10.1. The number of nitrogens with zero attached hydrogens (tertiary/aromatic N) is 1. The third kappa shape index (κ3) is 4.02. The Labute approximate surface area is 180 Å². The van der Waals surface area contributed by atoms with Gasteiger partial charge in [-0.15, -0.1) is 0 Å². The van der Waals surface area contributed by atoms with Crippen LogP contribution in [0, 0.1) is 0 Å². The van der Waals surface area contributed by atoms with E-state index in [9.17, 15) is 9.59 Å². The first-order chi connectivity index (χ1) is 14.6. The zero-order valence-corrected chi connectivity index (χ0v) is 17.2. The van der Waals surface area contributed by atoms with Crippen LogP contribution in [-0.2, 0) is 4.79 Å². The normalized spacial score (nSPS) is 15.7. The molecule has 2 amide bonds. The number of carbonyl (C=O) groups excluding carboxylic acids is 2. The fourth-order valence-corrected chi connectivity index (χ4v) is 3.87. The van der Waals surface area contributed by atoms with Crippen LogP contribution in [0.3, 0.4) is 0 Å². The predicted octanol–water partition coefficient (Wildman–Crippen LogP) is 4.92. The molecule has 0 spiro atoms. The van der Waals surface area contributed by atoms with Crippen LogP contribution in [0.1, 0.15) is 34.5 Å². The van der Waals surface area contributed by atoms with Crippen LogP contribution in [0.4, 0.5) is 5.69 Å². The molecule has 152 valence electrons. The monoisotopic (exact) mass is 420 g/mol. The van der Waals surface area contributed by atoms with Gasteiger partial charge >= 0.3 is 0 Å². The minimum atomic E-state index is -0.460. The van der Waals surface area contributed by atoms with E-state index in [1.54, 1.807) is 47.4 Å². The zero-order chi connectivity index (χ0) is 21.1. The number of carbonyl (C=O) groups is 2. The van der Waals surface area contributed by atoms with Crippen LogP contribution in [0.2, 0.25) is 5.02 Å². The number of amides is 2. The number of anilines is 1. The average Bonchev–Trinajstić information content (AvgIpc) is 2.90. The lowest BCUT2D eigenvalue weighted by Gasteiger charge is -2.30. The van der Waals surface area contributed by atoms with E-state index < -0.39 is 6.04 Å². The molecule has 0 bridgehead atoms. The van der Waals surface area contributed by atoms with E-state index in [0.29, 0.717) is 28.6 Å². The van der Waals surface area contributed by atoms with Gasteiger partial charge in [-0.1, -0.05) is 41.9 Å². The van der Waals surface area contributed by atoms with Crippen LogP contribution in [0.5, 0.6) is 5.75 Å². The second-order valence-corrected chi connectivity index (χ2v) is 7.42. The van der Waals surface area contributed by atoms with Gasteiger partial charge in [-0.25, -0.2) is 0 Å². The highest BCUT2D eigenvalue weighted by atomic mass is 35.5. The van der Waals surface area contributed by atoms with Gasteiger partial charge in [0.25, 0.3) is 5.91 Å². The quantitative estimate of drug-likeness (QED) is 0.651. The largest absolute Gasteiger partial charge is 0.494 e. The first-order valence-electron chi connectivity index (χ1n) is 9.75. The number of rotatable bonds is 4. The van der Waals surface area contributed by atoms with Gasteiger partial charge in [0.05, 0.1) is 12.6 Å². The molecule has 0 saturated carbocycles. The highest BCUT2D eigenvalue weighted by Crippen LogP contribution is 2.38. The molecule has 0 fully saturated rings. The van der Waals surface area contributed by atoms with Gasteiger partial charge in [0.1, 0.15) is 12.3 Å². The summed E-state index contributed by atoms with van der Waals surface area (Å²) in [5.41, 5.74) is 2.81. The Morgan fingerprint density at radius 2 is 1.83 bits per heavy atom. The molecule has 0 radical (unpaired) electrons. The van der Waals surface area contributed by atoms with E-state index in [0.717, 1.165) is 11.1 Å². The molecule has 1 N–H and O–H groups in total. The Balaban J connectivity index is 1.81. The van der Waals surface area contributed by atoms with Crippen molar-refractivity contribution in [2.75, 3.05) is 18.5 Å². The number of fused-ring (bicyclic) bond motifs is 1. The van der Waals surface area contributed by atoms with Crippen molar-refractivity contribution in [3.63, 3.8) is 0 Å². The van der Waals surface area contributed by atoms with Crippen LogP contribution in [0.15, 0.2) is 72.8 Å². The summed E-state index contributed by atoms with van der Waals surface area (Å²) in [6, 6.07) is 21.5. The van der Waals surface area contributed by atoms with Crippen LogP contribution < -0.4 is 10.1 Å². The zero-order valence-electron chi connectivity index (χ0n) is 16.5. The smallest absolute Gasteiger partial charge is 0.255 e. The molecule has 1 unspecified atom stereocenters. The lowest BCUT2D eigenvalue weighted by molar-refractivity contribution is -0.117. The maximum atomic E-state index is 13.5. The second-order valence-electron chi connectivity index (χ2n) is 6.98. The van der Waals surface area contributed by atoms with Gasteiger partial charge in [-0.3, -0.25) is 9.59 Å². The third-order valence-corrected chi connectivity index (χ3v) is 5.23. The van der Waals surface area contributed by atoms with E-state index in [4.69, 9.17) is 16.3 Å². The fourth-order valence-electron chi connectivity index (χ4n) is 3.69. The maximum Gasteiger partial charge on any atom is 0.255 e. The van der Waals surface area contributed by atoms with E-state index in [2.05, 4.69) is 5.32 Å². The summed E-state index contributed by atoms with van der Waals surface area (Å²) in [6.45, 7) is 2.38. The average molecular weight is 421 g/mol. The summed E-state index contributed by atoms with van der Waals surface area (Å²) in [5.74, 6) is 0.200. The molecule has 30 heavy (non-hydrogen) atoms. The van der Waals surface area contributed by atoms with Crippen molar-refractivity contribution in [3.8, 4) is 5.75 Å². The Morgan fingerprint density at radius 3 is 2.53 bits per heavy atom. The topological polar surface area (TPSA) is 58.6 Å². The van der Waals surface area contributed by atoms with Crippen molar-refractivity contribution in [1.82, 2.24) is 4.90 Å².